The first-order valence-corrected chi connectivity index (χ1v) is 13.7. The molecular formula is C28H38FN7O3. The van der Waals surface area contributed by atoms with Crippen molar-refractivity contribution < 1.29 is 19.0 Å². The number of halogens is 1. The Kier molecular flexibility index (Phi) is 7.73. The van der Waals surface area contributed by atoms with Gasteiger partial charge in [0.15, 0.2) is 0 Å². The van der Waals surface area contributed by atoms with Crippen molar-refractivity contribution in [3.05, 3.63) is 36.3 Å². The van der Waals surface area contributed by atoms with Gasteiger partial charge in [-0.05, 0) is 32.3 Å². The molecule has 5 heterocycles. The van der Waals surface area contributed by atoms with Crippen molar-refractivity contribution >= 4 is 34.4 Å². The van der Waals surface area contributed by atoms with Gasteiger partial charge in [-0.2, -0.15) is 4.98 Å². The number of fused-ring (bicyclic) bond motifs is 1. The first kappa shape index (κ1) is 27.3. The third kappa shape index (κ3) is 5.69. The average Bonchev–Trinajstić information content (AvgIpc) is 3.31. The largest absolute Gasteiger partial charge is 0.389 e. The predicted molar refractivity (Wildman–Crippen MR) is 148 cm³/mol. The summed E-state index contributed by atoms with van der Waals surface area (Å²) in [5.74, 6) is 1.38. The molecule has 2 aliphatic rings. The van der Waals surface area contributed by atoms with Crippen LogP contribution in [0.4, 0.5) is 22.0 Å². The zero-order chi connectivity index (χ0) is 27.7. The van der Waals surface area contributed by atoms with Gasteiger partial charge in [0.25, 0.3) is 5.91 Å². The van der Waals surface area contributed by atoms with Crippen LogP contribution in [0.2, 0.25) is 0 Å². The van der Waals surface area contributed by atoms with Crippen molar-refractivity contribution in [3.63, 3.8) is 0 Å². The van der Waals surface area contributed by atoms with E-state index in [0.717, 1.165) is 30.2 Å². The maximum Gasteiger partial charge on any atom is 0.253 e. The zero-order valence-corrected chi connectivity index (χ0v) is 23.0. The van der Waals surface area contributed by atoms with E-state index in [1.165, 1.54) is 0 Å². The highest BCUT2D eigenvalue weighted by molar-refractivity contribution is 6.07. The standard InChI is InChI=1S/C28H38FN7O3/c1-5-17(2)36-14-20(26(38)32-18-7-10-39-11-8-18)19-13-31-24(12-22(19)36)33-23-6-9-30-27(34-23)35-15-21(29)25(37)28(3,4)16-35/h6,9,12-14,17-18,21,25,37H,5,7-8,10-11,15-16H2,1-4H3,(H,32,38)(H,30,31,33,34)/t17?,21-,25-/m0/s1. The molecule has 0 saturated carbocycles. The molecule has 2 aliphatic heterocycles. The molecule has 1 unspecified atom stereocenters. The highest BCUT2D eigenvalue weighted by Gasteiger charge is 2.42. The summed E-state index contributed by atoms with van der Waals surface area (Å²) in [6.07, 6.45) is 5.37. The van der Waals surface area contributed by atoms with E-state index in [1.54, 1.807) is 23.4 Å². The SMILES string of the molecule is CCC(C)n1cc(C(=O)NC2CCOCC2)c2cnc(Nc3ccnc(N4C[C@H](F)[C@H](O)C(C)(C)C4)n3)cc21. The minimum Gasteiger partial charge on any atom is -0.389 e. The van der Waals surface area contributed by atoms with E-state index >= 15 is 0 Å². The minimum absolute atomic E-state index is 0.0272. The molecular weight excluding hydrogens is 501 g/mol. The average molecular weight is 540 g/mol. The van der Waals surface area contributed by atoms with Gasteiger partial charge < -0.3 is 29.9 Å². The van der Waals surface area contributed by atoms with Crippen LogP contribution in [0.5, 0.6) is 0 Å². The van der Waals surface area contributed by atoms with Crippen LogP contribution in [0.1, 0.15) is 63.4 Å². The number of carbonyl (C=O) groups is 1. The van der Waals surface area contributed by atoms with Crippen LogP contribution in [0.3, 0.4) is 0 Å². The summed E-state index contributed by atoms with van der Waals surface area (Å²) in [5.41, 5.74) is 0.879. The molecule has 3 atom stereocenters. The number of aliphatic hydroxyl groups excluding tert-OH is 1. The molecule has 0 spiro atoms. The number of hydrogen-bond acceptors (Lipinski definition) is 8. The summed E-state index contributed by atoms with van der Waals surface area (Å²) < 4.78 is 22.1. The van der Waals surface area contributed by atoms with E-state index in [2.05, 4.69) is 44.0 Å². The van der Waals surface area contributed by atoms with Crippen LogP contribution in [0.25, 0.3) is 10.9 Å². The van der Waals surface area contributed by atoms with Crippen LogP contribution >= 0.6 is 0 Å². The molecule has 3 aromatic rings. The molecule has 0 bridgehead atoms. The number of nitrogens with zero attached hydrogens (tertiary/aromatic N) is 5. The van der Waals surface area contributed by atoms with E-state index in [4.69, 9.17) is 4.74 Å². The van der Waals surface area contributed by atoms with Crippen LogP contribution in [0.15, 0.2) is 30.7 Å². The molecule has 2 saturated heterocycles. The van der Waals surface area contributed by atoms with Crippen LogP contribution in [-0.2, 0) is 4.74 Å². The summed E-state index contributed by atoms with van der Waals surface area (Å²) in [6, 6.07) is 3.94. The van der Waals surface area contributed by atoms with Gasteiger partial charge in [-0.3, -0.25) is 4.79 Å². The molecule has 5 rings (SSSR count). The number of carbonyl (C=O) groups excluding carboxylic acids is 1. The van der Waals surface area contributed by atoms with Gasteiger partial charge in [0, 0.05) is 67.3 Å². The number of rotatable bonds is 7. The van der Waals surface area contributed by atoms with Gasteiger partial charge >= 0.3 is 0 Å². The lowest BCUT2D eigenvalue weighted by Gasteiger charge is -2.43. The molecule has 1 amide bonds. The van der Waals surface area contributed by atoms with Gasteiger partial charge in [0.05, 0.1) is 23.7 Å². The number of aliphatic hydroxyl groups is 1. The lowest BCUT2D eigenvalue weighted by Crippen LogP contribution is -2.55. The molecule has 2 fully saturated rings. The van der Waals surface area contributed by atoms with Crippen LogP contribution < -0.4 is 15.5 Å². The van der Waals surface area contributed by atoms with Crippen molar-refractivity contribution in [1.82, 2.24) is 24.8 Å². The van der Waals surface area contributed by atoms with E-state index < -0.39 is 17.7 Å². The third-order valence-electron chi connectivity index (χ3n) is 7.90. The Labute approximate surface area is 228 Å². The molecule has 3 aromatic heterocycles. The maximum atomic E-state index is 14.5. The van der Waals surface area contributed by atoms with Crippen LogP contribution in [-0.4, -0.2) is 75.2 Å². The molecule has 0 radical (unpaired) electrons. The maximum absolute atomic E-state index is 14.5. The smallest absolute Gasteiger partial charge is 0.253 e. The minimum atomic E-state index is -1.38. The Morgan fingerprint density at radius 2 is 2.05 bits per heavy atom. The second kappa shape index (κ2) is 11.1. The number of anilines is 3. The molecule has 39 heavy (non-hydrogen) atoms. The fraction of sp³-hybridized carbons (Fsp3) is 0.571. The summed E-state index contributed by atoms with van der Waals surface area (Å²) in [4.78, 5) is 28.5. The van der Waals surface area contributed by atoms with Gasteiger partial charge in [0.1, 0.15) is 17.8 Å². The first-order valence-electron chi connectivity index (χ1n) is 13.7. The van der Waals surface area contributed by atoms with Gasteiger partial charge in [-0.25, -0.2) is 14.4 Å². The summed E-state index contributed by atoms with van der Waals surface area (Å²) >= 11 is 0. The monoisotopic (exact) mass is 539 g/mol. The van der Waals surface area contributed by atoms with Crippen molar-refractivity contribution in [2.45, 2.75) is 71.3 Å². The summed E-state index contributed by atoms with van der Waals surface area (Å²) in [7, 11) is 0. The fourth-order valence-electron chi connectivity index (χ4n) is 5.36. The predicted octanol–water partition coefficient (Wildman–Crippen LogP) is 3.99. The zero-order valence-electron chi connectivity index (χ0n) is 23.0. The van der Waals surface area contributed by atoms with E-state index in [0.29, 0.717) is 42.9 Å². The number of nitrogens with one attached hydrogen (secondary N) is 2. The molecule has 10 nitrogen and oxygen atoms in total. The van der Waals surface area contributed by atoms with Crippen molar-refractivity contribution in [1.29, 1.82) is 0 Å². The second-order valence-electron chi connectivity index (χ2n) is 11.4. The Bertz CT molecular complexity index is 1320. The van der Waals surface area contributed by atoms with Crippen molar-refractivity contribution in [3.8, 4) is 0 Å². The summed E-state index contributed by atoms with van der Waals surface area (Å²) in [6.45, 7) is 9.69. The Morgan fingerprint density at radius 1 is 1.28 bits per heavy atom. The lowest BCUT2D eigenvalue weighted by molar-refractivity contribution is -0.0257. The van der Waals surface area contributed by atoms with E-state index in [9.17, 15) is 14.3 Å². The third-order valence-corrected chi connectivity index (χ3v) is 7.90. The number of hydrogen-bond donors (Lipinski definition) is 3. The number of alkyl halides is 1. The molecule has 3 N–H and O–H groups in total. The molecule has 11 heteroatoms. The molecule has 0 aliphatic carbocycles. The lowest BCUT2D eigenvalue weighted by atomic mass is 9.80. The normalized spacial score (nSPS) is 22.6. The quantitative estimate of drug-likeness (QED) is 0.413. The van der Waals surface area contributed by atoms with E-state index in [1.807, 2.05) is 26.1 Å². The number of piperidine rings is 1. The van der Waals surface area contributed by atoms with Gasteiger partial charge in [-0.15, -0.1) is 0 Å². The molecule has 210 valence electrons. The Hall–Kier alpha value is -3.31. The first-order chi connectivity index (χ1) is 18.7. The number of amides is 1. The Balaban J connectivity index is 1.40. The number of aromatic nitrogens is 4. The second-order valence-corrected chi connectivity index (χ2v) is 11.4. The van der Waals surface area contributed by atoms with Crippen molar-refractivity contribution in [2.24, 2.45) is 5.41 Å². The fourth-order valence-corrected chi connectivity index (χ4v) is 5.36. The van der Waals surface area contributed by atoms with Crippen molar-refractivity contribution in [2.75, 3.05) is 36.5 Å². The molecule has 0 aromatic carbocycles. The number of pyridine rings is 1. The Morgan fingerprint density at radius 3 is 2.77 bits per heavy atom. The van der Waals surface area contributed by atoms with Gasteiger partial charge in [0.2, 0.25) is 5.95 Å². The topological polar surface area (TPSA) is 117 Å². The summed E-state index contributed by atoms with van der Waals surface area (Å²) in [5, 5.41) is 17.4. The van der Waals surface area contributed by atoms with Crippen LogP contribution in [0, 0.1) is 5.41 Å². The highest BCUT2D eigenvalue weighted by atomic mass is 19.1. The highest BCUT2D eigenvalue weighted by Crippen LogP contribution is 2.33. The van der Waals surface area contributed by atoms with Gasteiger partial charge in [-0.1, -0.05) is 20.8 Å². The van der Waals surface area contributed by atoms with E-state index in [-0.39, 0.29) is 24.5 Å². The number of ether oxygens (including phenoxy) is 1.